The van der Waals surface area contributed by atoms with Crippen molar-refractivity contribution in [2.75, 3.05) is 0 Å². The monoisotopic (exact) mass is 396 g/mol. The van der Waals surface area contributed by atoms with Gasteiger partial charge in [-0.15, -0.1) is 0 Å². The van der Waals surface area contributed by atoms with Gasteiger partial charge in [0.05, 0.1) is 5.92 Å². The molecular formula is C27H40O2. The van der Waals surface area contributed by atoms with E-state index in [0.717, 1.165) is 30.4 Å². The topological polar surface area (TPSA) is 26.3 Å². The van der Waals surface area contributed by atoms with E-state index in [1.807, 2.05) is 12.1 Å². The van der Waals surface area contributed by atoms with Crippen molar-refractivity contribution in [3.8, 4) is 5.75 Å². The number of ether oxygens (including phenoxy) is 1. The molecule has 0 N–H and O–H groups in total. The minimum absolute atomic E-state index is 0.0191. The Balaban J connectivity index is 1.43. The molecule has 3 rings (SSSR count). The Kier molecular flexibility index (Phi) is 8.83. The molecule has 0 atom stereocenters. The van der Waals surface area contributed by atoms with E-state index in [9.17, 15) is 4.79 Å². The average Bonchev–Trinajstić information content (AvgIpc) is 2.76. The van der Waals surface area contributed by atoms with Crippen LogP contribution in [0.2, 0.25) is 0 Å². The highest BCUT2D eigenvalue weighted by atomic mass is 16.5. The molecule has 2 saturated carbocycles. The first kappa shape index (κ1) is 22.1. The molecule has 1 aromatic carbocycles. The molecule has 0 unspecified atom stereocenters. The fourth-order valence-corrected chi connectivity index (χ4v) is 5.39. The molecule has 29 heavy (non-hydrogen) atoms. The Bertz CT molecular complexity index is 629. The summed E-state index contributed by atoms with van der Waals surface area (Å²) in [5, 5.41) is 0. The van der Waals surface area contributed by atoms with Gasteiger partial charge in [-0.1, -0.05) is 44.1 Å². The normalized spacial score (nSPS) is 27.8. The van der Waals surface area contributed by atoms with Crippen molar-refractivity contribution in [2.24, 2.45) is 17.8 Å². The summed E-state index contributed by atoms with van der Waals surface area (Å²) >= 11 is 0. The summed E-state index contributed by atoms with van der Waals surface area (Å²) < 4.78 is 5.72. The van der Waals surface area contributed by atoms with Gasteiger partial charge in [0.25, 0.3) is 0 Å². The smallest absolute Gasteiger partial charge is 0.314 e. The molecule has 2 heteroatoms. The zero-order chi connectivity index (χ0) is 20.5. The Hall–Kier alpha value is -1.57. The first-order valence-corrected chi connectivity index (χ1v) is 12.1. The lowest BCUT2D eigenvalue weighted by Gasteiger charge is -2.29. The molecule has 160 valence electrons. The fourth-order valence-electron chi connectivity index (χ4n) is 5.39. The Morgan fingerprint density at radius 2 is 1.55 bits per heavy atom. The van der Waals surface area contributed by atoms with E-state index < -0.39 is 0 Å². The molecule has 0 bridgehead atoms. The van der Waals surface area contributed by atoms with Gasteiger partial charge in [0, 0.05) is 0 Å². The summed E-state index contributed by atoms with van der Waals surface area (Å²) in [6.45, 7) is 4.36. The Labute approximate surface area is 178 Å². The highest BCUT2D eigenvalue weighted by molar-refractivity contribution is 5.75. The van der Waals surface area contributed by atoms with Crippen LogP contribution in [0.1, 0.15) is 102 Å². The van der Waals surface area contributed by atoms with E-state index in [1.165, 1.54) is 69.8 Å². The molecule has 0 spiro atoms. The fraction of sp³-hybridized carbons (Fsp3) is 0.667. The Morgan fingerprint density at radius 1 is 0.931 bits per heavy atom. The highest BCUT2D eigenvalue weighted by Gasteiger charge is 2.27. The second-order valence-corrected chi connectivity index (χ2v) is 9.36. The molecule has 2 nitrogen and oxygen atoms in total. The molecule has 0 amide bonds. The summed E-state index contributed by atoms with van der Waals surface area (Å²) in [4.78, 5) is 12.5. The standard InChI is InChI=1S/C27H40O2/c1-3-5-6-8-22-9-13-23(14-10-22)24-17-19-26(20-18-24)29-27(28)25-15-11-21(7-4-2)12-16-25/h3,5,17-23,25H,4,6-16H2,1-2H3/t21-,22-,23-,25-. The average molecular weight is 397 g/mol. The van der Waals surface area contributed by atoms with Gasteiger partial charge in [-0.2, -0.15) is 0 Å². The van der Waals surface area contributed by atoms with Crippen LogP contribution in [0.3, 0.4) is 0 Å². The summed E-state index contributed by atoms with van der Waals surface area (Å²) in [6.07, 6.45) is 19.2. The van der Waals surface area contributed by atoms with Gasteiger partial charge in [0.15, 0.2) is 0 Å². The summed E-state index contributed by atoms with van der Waals surface area (Å²) in [6, 6.07) is 8.39. The SMILES string of the molecule is CC=CCC[C@H]1CC[C@H](c2ccc(OC(=O)[C@H]3CC[C@H](CCC)CC3)cc2)CC1. The first-order chi connectivity index (χ1) is 14.2. The van der Waals surface area contributed by atoms with E-state index in [-0.39, 0.29) is 11.9 Å². The zero-order valence-electron chi connectivity index (χ0n) is 18.6. The molecule has 0 saturated heterocycles. The summed E-state index contributed by atoms with van der Waals surface area (Å²) in [7, 11) is 0. The maximum Gasteiger partial charge on any atom is 0.314 e. The molecule has 0 aromatic heterocycles. The van der Waals surface area contributed by atoms with Crippen molar-refractivity contribution >= 4 is 5.97 Å². The van der Waals surface area contributed by atoms with Crippen LogP contribution in [-0.4, -0.2) is 5.97 Å². The van der Waals surface area contributed by atoms with Crippen LogP contribution in [-0.2, 0) is 4.79 Å². The number of rotatable bonds is 8. The molecule has 2 fully saturated rings. The predicted molar refractivity (Wildman–Crippen MR) is 121 cm³/mol. The molecule has 0 heterocycles. The number of benzene rings is 1. The van der Waals surface area contributed by atoms with Crippen LogP contribution >= 0.6 is 0 Å². The number of allylic oxidation sites excluding steroid dienone is 2. The van der Waals surface area contributed by atoms with Gasteiger partial charge in [-0.3, -0.25) is 4.79 Å². The second-order valence-electron chi connectivity index (χ2n) is 9.36. The number of hydrogen-bond donors (Lipinski definition) is 0. The van der Waals surface area contributed by atoms with Crippen molar-refractivity contribution in [1.82, 2.24) is 0 Å². The third kappa shape index (κ3) is 6.73. The van der Waals surface area contributed by atoms with Crippen molar-refractivity contribution in [3.63, 3.8) is 0 Å². The van der Waals surface area contributed by atoms with E-state index >= 15 is 0 Å². The molecule has 0 aliphatic heterocycles. The molecular weight excluding hydrogens is 356 g/mol. The van der Waals surface area contributed by atoms with Gasteiger partial charge < -0.3 is 4.74 Å². The lowest BCUT2D eigenvalue weighted by molar-refractivity contribution is -0.140. The highest BCUT2D eigenvalue weighted by Crippen LogP contribution is 2.38. The lowest BCUT2D eigenvalue weighted by atomic mass is 9.77. The van der Waals surface area contributed by atoms with Gasteiger partial charge >= 0.3 is 5.97 Å². The van der Waals surface area contributed by atoms with Gasteiger partial charge in [-0.05, 0) is 107 Å². The van der Waals surface area contributed by atoms with Gasteiger partial charge in [0.2, 0.25) is 0 Å². The maximum absolute atomic E-state index is 12.5. The molecule has 2 aliphatic carbocycles. The van der Waals surface area contributed by atoms with E-state index in [4.69, 9.17) is 4.74 Å². The minimum Gasteiger partial charge on any atom is -0.426 e. The molecule has 0 radical (unpaired) electrons. The van der Waals surface area contributed by atoms with E-state index in [1.54, 1.807) is 0 Å². The van der Waals surface area contributed by atoms with Crippen molar-refractivity contribution in [1.29, 1.82) is 0 Å². The second kappa shape index (κ2) is 11.6. The van der Waals surface area contributed by atoms with Crippen LogP contribution in [0.4, 0.5) is 0 Å². The van der Waals surface area contributed by atoms with Gasteiger partial charge in [-0.25, -0.2) is 0 Å². The van der Waals surface area contributed by atoms with Crippen LogP contribution in [0, 0.1) is 17.8 Å². The number of hydrogen-bond acceptors (Lipinski definition) is 2. The van der Waals surface area contributed by atoms with Crippen molar-refractivity contribution in [3.05, 3.63) is 42.0 Å². The summed E-state index contributed by atoms with van der Waals surface area (Å²) in [5.74, 6) is 3.19. The number of carbonyl (C=O) groups is 1. The van der Waals surface area contributed by atoms with Crippen molar-refractivity contribution < 1.29 is 9.53 Å². The van der Waals surface area contributed by atoms with Crippen molar-refractivity contribution in [2.45, 2.75) is 96.8 Å². The van der Waals surface area contributed by atoms with E-state index in [2.05, 4.69) is 38.1 Å². The van der Waals surface area contributed by atoms with E-state index in [0.29, 0.717) is 5.92 Å². The van der Waals surface area contributed by atoms with Gasteiger partial charge in [0.1, 0.15) is 5.75 Å². The predicted octanol–water partition coefficient (Wildman–Crippen LogP) is 7.83. The van der Waals surface area contributed by atoms with Crippen LogP contribution in [0.25, 0.3) is 0 Å². The maximum atomic E-state index is 12.5. The zero-order valence-corrected chi connectivity index (χ0v) is 18.6. The first-order valence-electron chi connectivity index (χ1n) is 12.1. The third-order valence-corrected chi connectivity index (χ3v) is 7.27. The quantitative estimate of drug-likeness (QED) is 0.254. The number of carbonyl (C=O) groups excluding carboxylic acids is 1. The minimum atomic E-state index is -0.0191. The van der Waals surface area contributed by atoms with Crippen LogP contribution < -0.4 is 4.74 Å². The third-order valence-electron chi connectivity index (χ3n) is 7.27. The molecule has 2 aliphatic rings. The number of esters is 1. The Morgan fingerprint density at radius 3 is 2.17 bits per heavy atom. The largest absolute Gasteiger partial charge is 0.426 e. The van der Waals surface area contributed by atoms with Crippen LogP contribution in [0.15, 0.2) is 36.4 Å². The summed E-state index contributed by atoms with van der Waals surface area (Å²) in [5.41, 5.74) is 1.41. The van der Waals surface area contributed by atoms with Crippen LogP contribution in [0.5, 0.6) is 5.75 Å². The molecule has 1 aromatic rings. The lowest BCUT2D eigenvalue weighted by Crippen LogP contribution is -2.25.